The fourth-order valence-corrected chi connectivity index (χ4v) is 0.966. The van der Waals surface area contributed by atoms with Gasteiger partial charge in [0, 0.05) is 6.54 Å². The molecule has 1 rings (SSSR count). The maximum Gasteiger partial charge on any atom is 0.358 e. The number of ether oxygens (including phenoxy) is 1. The molecule has 0 saturated carbocycles. The summed E-state index contributed by atoms with van der Waals surface area (Å²) >= 11 is 0. The van der Waals surface area contributed by atoms with Gasteiger partial charge in [0.05, 0.1) is 26.1 Å². The first-order valence-corrected chi connectivity index (χ1v) is 4.96. The number of aliphatic hydroxyl groups excluding tert-OH is 1. The number of methoxy groups -OCH3 is 1. The number of aliphatic hydroxyl groups is 2. The highest BCUT2D eigenvalue weighted by molar-refractivity contribution is 5.86. The van der Waals surface area contributed by atoms with Gasteiger partial charge in [0.15, 0.2) is 5.69 Å². The lowest BCUT2D eigenvalue weighted by molar-refractivity contribution is 0.0131. The van der Waals surface area contributed by atoms with E-state index >= 15 is 0 Å². The maximum absolute atomic E-state index is 11.1. The second-order valence-corrected chi connectivity index (χ2v) is 3.79. The van der Waals surface area contributed by atoms with Crippen LogP contribution < -0.4 is 5.32 Å². The standard InChI is InChI=1S/C10H15N3O4/c1-10(16,6-14)5-13-8-4-11-7(3-12-8)9(15)17-2/h3-4,14,16H,5-6H2,1-2H3,(H,12,13). The molecule has 0 saturated heterocycles. The van der Waals surface area contributed by atoms with E-state index in [1.807, 2.05) is 0 Å². The van der Waals surface area contributed by atoms with Gasteiger partial charge in [0.2, 0.25) is 0 Å². The normalized spacial score (nSPS) is 13.9. The molecule has 0 bridgehead atoms. The number of carbonyl (C=O) groups is 1. The third-order valence-electron chi connectivity index (χ3n) is 2.04. The van der Waals surface area contributed by atoms with Crippen molar-refractivity contribution >= 4 is 11.8 Å². The number of rotatable bonds is 5. The summed E-state index contributed by atoms with van der Waals surface area (Å²) in [7, 11) is 1.26. The molecular formula is C10H15N3O4. The monoisotopic (exact) mass is 241 g/mol. The molecule has 17 heavy (non-hydrogen) atoms. The number of anilines is 1. The zero-order valence-electron chi connectivity index (χ0n) is 9.67. The molecular weight excluding hydrogens is 226 g/mol. The van der Waals surface area contributed by atoms with Gasteiger partial charge in [-0.25, -0.2) is 14.8 Å². The van der Waals surface area contributed by atoms with Crippen LogP contribution in [0.25, 0.3) is 0 Å². The summed E-state index contributed by atoms with van der Waals surface area (Å²) in [6, 6.07) is 0. The average molecular weight is 241 g/mol. The number of nitrogens with zero attached hydrogens (tertiary/aromatic N) is 2. The Morgan fingerprint density at radius 2 is 2.24 bits per heavy atom. The minimum Gasteiger partial charge on any atom is -0.464 e. The second kappa shape index (κ2) is 5.55. The summed E-state index contributed by atoms with van der Waals surface area (Å²) < 4.78 is 4.47. The highest BCUT2D eigenvalue weighted by Crippen LogP contribution is 2.06. The predicted octanol–water partition coefficient (Wildman–Crippen LogP) is -0.582. The van der Waals surface area contributed by atoms with Crippen molar-refractivity contribution in [1.82, 2.24) is 9.97 Å². The fraction of sp³-hybridized carbons (Fsp3) is 0.500. The van der Waals surface area contributed by atoms with Gasteiger partial charge in [0.25, 0.3) is 0 Å². The van der Waals surface area contributed by atoms with E-state index in [4.69, 9.17) is 5.11 Å². The Morgan fingerprint density at radius 1 is 1.53 bits per heavy atom. The Hall–Kier alpha value is -1.73. The fourth-order valence-electron chi connectivity index (χ4n) is 0.966. The third kappa shape index (κ3) is 3.97. The molecule has 1 atom stereocenters. The van der Waals surface area contributed by atoms with E-state index in [0.29, 0.717) is 5.82 Å². The maximum atomic E-state index is 11.1. The van der Waals surface area contributed by atoms with Crippen LogP contribution in [-0.4, -0.2) is 52.0 Å². The lowest BCUT2D eigenvalue weighted by Gasteiger charge is -2.20. The quantitative estimate of drug-likeness (QED) is 0.592. The summed E-state index contributed by atoms with van der Waals surface area (Å²) in [5, 5.41) is 21.1. The molecule has 0 radical (unpaired) electrons. The first-order valence-electron chi connectivity index (χ1n) is 4.96. The lowest BCUT2D eigenvalue weighted by atomic mass is 10.1. The van der Waals surface area contributed by atoms with E-state index in [2.05, 4.69) is 20.0 Å². The molecule has 1 heterocycles. The van der Waals surface area contributed by atoms with Crippen LogP contribution in [0.1, 0.15) is 17.4 Å². The molecule has 0 aliphatic rings. The molecule has 7 heteroatoms. The highest BCUT2D eigenvalue weighted by atomic mass is 16.5. The minimum absolute atomic E-state index is 0.104. The molecule has 7 nitrogen and oxygen atoms in total. The van der Waals surface area contributed by atoms with Crippen molar-refractivity contribution in [1.29, 1.82) is 0 Å². The van der Waals surface area contributed by atoms with Crippen molar-refractivity contribution in [3.05, 3.63) is 18.1 Å². The molecule has 1 unspecified atom stereocenters. The summed E-state index contributed by atoms with van der Waals surface area (Å²) in [5.74, 6) is -0.169. The van der Waals surface area contributed by atoms with Crippen molar-refractivity contribution in [2.24, 2.45) is 0 Å². The van der Waals surface area contributed by atoms with Gasteiger partial charge in [0.1, 0.15) is 11.4 Å². The molecule has 0 fully saturated rings. The topological polar surface area (TPSA) is 105 Å². The summed E-state index contributed by atoms with van der Waals surface area (Å²) in [6.07, 6.45) is 2.61. The number of carbonyl (C=O) groups excluding carboxylic acids is 1. The van der Waals surface area contributed by atoms with Gasteiger partial charge in [-0.15, -0.1) is 0 Å². The largest absolute Gasteiger partial charge is 0.464 e. The molecule has 0 aromatic carbocycles. The number of nitrogens with one attached hydrogen (secondary N) is 1. The first-order chi connectivity index (χ1) is 7.98. The van der Waals surface area contributed by atoms with E-state index in [0.717, 1.165) is 0 Å². The van der Waals surface area contributed by atoms with E-state index < -0.39 is 11.6 Å². The van der Waals surface area contributed by atoms with Crippen LogP contribution in [0, 0.1) is 0 Å². The third-order valence-corrected chi connectivity index (χ3v) is 2.04. The van der Waals surface area contributed by atoms with Gasteiger partial charge in [-0.3, -0.25) is 0 Å². The Bertz CT molecular complexity index is 378. The first kappa shape index (κ1) is 13.3. The number of hydrogen-bond donors (Lipinski definition) is 3. The lowest BCUT2D eigenvalue weighted by Crippen LogP contribution is -2.37. The Balaban J connectivity index is 2.60. The van der Waals surface area contributed by atoms with Crippen LogP contribution >= 0.6 is 0 Å². The van der Waals surface area contributed by atoms with Crippen molar-refractivity contribution in [2.75, 3.05) is 25.6 Å². The zero-order valence-corrected chi connectivity index (χ0v) is 9.67. The van der Waals surface area contributed by atoms with Gasteiger partial charge >= 0.3 is 5.97 Å². The van der Waals surface area contributed by atoms with Crippen LogP contribution in [0.15, 0.2) is 12.4 Å². The molecule has 0 spiro atoms. The van der Waals surface area contributed by atoms with Gasteiger partial charge < -0.3 is 20.3 Å². The molecule has 1 aromatic heterocycles. The Labute approximate surface area is 98.5 Å². The molecule has 0 amide bonds. The number of aromatic nitrogens is 2. The van der Waals surface area contributed by atoms with E-state index in [-0.39, 0.29) is 18.8 Å². The van der Waals surface area contributed by atoms with Crippen molar-refractivity contribution in [3.63, 3.8) is 0 Å². The van der Waals surface area contributed by atoms with E-state index in [1.165, 1.54) is 26.4 Å². The van der Waals surface area contributed by atoms with Crippen LogP contribution in [0.5, 0.6) is 0 Å². The highest BCUT2D eigenvalue weighted by Gasteiger charge is 2.18. The number of esters is 1. The summed E-state index contributed by atoms with van der Waals surface area (Å²) in [6.45, 7) is 1.24. The SMILES string of the molecule is COC(=O)c1cnc(NCC(C)(O)CO)cn1. The van der Waals surface area contributed by atoms with Gasteiger partial charge in [-0.1, -0.05) is 0 Å². The van der Waals surface area contributed by atoms with Crippen molar-refractivity contribution in [3.8, 4) is 0 Å². The van der Waals surface area contributed by atoms with Gasteiger partial charge in [-0.05, 0) is 6.92 Å². The molecule has 94 valence electrons. The number of hydrogen-bond acceptors (Lipinski definition) is 7. The predicted molar refractivity (Wildman–Crippen MR) is 59.6 cm³/mol. The van der Waals surface area contributed by atoms with Crippen LogP contribution in [0.2, 0.25) is 0 Å². The molecule has 1 aromatic rings. The minimum atomic E-state index is -1.23. The van der Waals surface area contributed by atoms with E-state index in [9.17, 15) is 9.90 Å². The molecule has 0 aliphatic carbocycles. The molecule has 3 N–H and O–H groups in total. The van der Waals surface area contributed by atoms with Crippen molar-refractivity contribution in [2.45, 2.75) is 12.5 Å². The Kier molecular flexibility index (Phi) is 4.36. The second-order valence-electron chi connectivity index (χ2n) is 3.79. The van der Waals surface area contributed by atoms with Crippen LogP contribution in [0.4, 0.5) is 5.82 Å². The average Bonchev–Trinajstić information content (AvgIpc) is 2.36. The van der Waals surface area contributed by atoms with Crippen LogP contribution in [0.3, 0.4) is 0 Å². The van der Waals surface area contributed by atoms with Crippen molar-refractivity contribution < 1.29 is 19.7 Å². The molecule has 0 aliphatic heterocycles. The smallest absolute Gasteiger partial charge is 0.358 e. The van der Waals surface area contributed by atoms with Gasteiger partial charge in [-0.2, -0.15) is 0 Å². The summed E-state index contributed by atoms with van der Waals surface area (Å²) in [5.41, 5.74) is -1.13. The zero-order chi connectivity index (χ0) is 12.9. The van der Waals surface area contributed by atoms with E-state index in [1.54, 1.807) is 0 Å². The Morgan fingerprint density at radius 3 is 2.71 bits per heavy atom. The summed E-state index contributed by atoms with van der Waals surface area (Å²) in [4.78, 5) is 18.8. The van der Waals surface area contributed by atoms with Crippen LogP contribution in [-0.2, 0) is 4.74 Å².